The lowest BCUT2D eigenvalue weighted by Crippen LogP contribution is -2.54. The van der Waals surface area contributed by atoms with Gasteiger partial charge in [-0.05, 0) is 44.7 Å². The number of ether oxygens (including phenoxy) is 2. The molecule has 3 rings (SSSR count). The summed E-state index contributed by atoms with van der Waals surface area (Å²) in [6, 6.07) is 0. The van der Waals surface area contributed by atoms with E-state index in [2.05, 4.69) is 27.0 Å². The fraction of sp³-hybridized carbons (Fsp3) is 0.947. The van der Waals surface area contributed by atoms with Crippen LogP contribution in [-0.2, 0) is 9.47 Å². The second-order valence-corrected chi connectivity index (χ2v) is 7.80. The van der Waals surface area contributed by atoms with Gasteiger partial charge in [0.1, 0.15) is 6.10 Å². The summed E-state index contributed by atoms with van der Waals surface area (Å²) in [4.78, 5) is 9.46. The average molecular weight is 353 g/mol. The molecular weight excluding hydrogens is 316 g/mol. The van der Waals surface area contributed by atoms with Crippen LogP contribution in [0.5, 0.6) is 0 Å². The molecule has 0 aromatic heterocycles. The first-order valence-electron chi connectivity index (χ1n) is 10.2. The van der Waals surface area contributed by atoms with E-state index in [1.165, 1.54) is 38.9 Å². The van der Waals surface area contributed by atoms with E-state index in [1.807, 2.05) is 7.05 Å². The molecule has 25 heavy (non-hydrogen) atoms. The summed E-state index contributed by atoms with van der Waals surface area (Å²) in [5.74, 6) is 1.64. The summed E-state index contributed by atoms with van der Waals surface area (Å²) in [5.41, 5.74) is 0. The maximum Gasteiger partial charge on any atom is 0.193 e. The summed E-state index contributed by atoms with van der Waals surface area (Å²) >= 11 is 0. The van der Waals surface area contributed by atoms with Gasteiger partial charge in [-0.15, -0.1) is 0 Å². The van der Waals surface area contributed by atoms with Crippen molar-refractivity contribution in [1.82, 2.24) is 15.1 Å². The zero-order valence-corrected chi connectivity index (χ0v) is 16.1. The molecule has 0 bridgehead atoms. The number of nitrogens with one attached hydrogen (secondary N) is 1. The minimum atomic E-state index is 0.181. The Hall–Kier alpha value is -0.850. The first-order valence-corrected chi connectivity index (χ1v) is 10.2. The first-order chi connectivity index (χ1) is 12.3. The second-order valence-electron chi connectivity index (χ2n) is 7.80. The molecule has 6 nitrogen and oxygen atoms in total. The molecule has 3 aliphatic heterocycles. The molecule has 0 aromatic rings. The molecule has 3 fully saturated rings. The zero-order valence-electron chi connectivity index (χ0n) is 16.1. The van der Waals surface area contributed by atoms with E-state index >= 15 is 0 Å². The maximum absolute atomic E-state index is 5.96. The standard InChI is InChI=1S/C19H36N4O2/c1-16(14-22-8-4-3-5-9-22)13-21-19(20-2)23-10-12-25-18(15-23)17-7-6-11-24-17/h16-18H,3-15H2,1-2H3,(H,20,21). The molecule has 3 unspecified atom stereocenters. The SMILES string of the molecule is CN=C(NCC(C)CN1CCCCC1)N1CCOC(C2CCCO2)C1. The molecule has 6 heteroatoms. The Morgan fingerprint density at radius 3 is 2.60 bits per heavy atom. The smallest absolute Gasteiger partial charge is 0.193 e. The van der Waals surface area contributed by atoms with Crippen molar-refractivity contribution in [2.75, 3.05) is 59.5 Å². The van der Waals surface area contributed by atoms with Crippen molar-refractivity contribution in [3.05, 3.63) is 0 Å². The minimum absolute atomic E-state index is 0.181. The Balaban J connectivity index is 1.43. The predicted octanol–water partition coefficient (Wildman–Crippen LogP) is 1.56. The van der Waals surface area contributed by atoms with E-state index < -0.39 is 0 Å². The molecule has 0 amide bonds. The third kappa shape index (κ3) is 5.56. The Morgan fingerprint density at radius 2 is 1.88 bits per heavy atom. The predicted molar refractivity (Wildman–Crippen MR) is 101 cm³/mol. The minimum Gasteiger partial charge on any atom is -0.375 e. The van der Waals surface area contributed by atoms with Gasteiger partial charge >= 0.3 is 0 Å². The van der Waals surface area contributed by atoms with E-state index in [0.717, 1.165) is 51.6 Å². The van der Waals surface area contributed by atoms with Gasteiger partial charge in [0, 0.05) is 39.8 Å². The van der Waals surface area contributed by atoms with Gasteiger partial charge in [-0.1, -0.05) is 13.3 Å². The van der Waals surface area contributed by atoms with Crippen molar-refractivity contribution in [2.45, 2.75) is 51.2 Å². The monoisotopic (exact) mass is 352 g/mol. The summed E-state index contributed by atoms with van der Waals surface area (Å²) in [6.07, 6.45) is 6.85. The van der Waals surface area contributed by atoms with Crippen molar-refractivity contribution in [3.63, 3.8) is 0 Å². The van der Waals surface area contributed by atoms with Crippen LogP contribution in [0.15, 0.2) is 4.99 Å². The topological polar surface area (TPSA) is 49.3 Å². The summed E-state index contributed by atoms with van der Waals surface area (Å²) in [6.45, 7) is 10.5. The van der Waals surface area contributed by atoms with Gasteiger partial charge in [0.05, 0.1) is 12.7 Å². The van der Waals surface area contributed by atoms with Crippen molar-refractivity contribution in [2.24, 2.45) is 10.9 Å². The molecule has 144 valence electrons. The molecule has 3 atom stereocenters. The largest absolute Gasteiger partial charge is 0.375 e. The molecular formula is C19H36N4O2. The maximum atomic E-state index is 5.96. The lowest BCUT2D eigenvalue weighted by atomic mass is 10.1. The summed E-state index contributed by atoms with van der Waals surface area (Å²) in [5, 5.41) is 3.59. The number of piperidine rings is 1. The molecule has 3 heterocycles. The molecule has 3 saturated heterocycles. The van der Waals surface area contributed by atoms with Crippen LogP contribution in [0.25, 0.3) is 0 Å². The zero-order chi connectivity index (χ0) is 17.5. The van der Waals surface area contributed by atoms with Crippen LogP contribution in [0.2, 0.25) is 0 Å². The highest BCUT2D eigenvalue weighted by atomic mass is 16.5. The third-order valence-corrected chi connectivity index (χ3v) is 5.61. The van der Waals surface area contributed by atoms with E-state index in [9.17, 15) is 0 Å². The van der Waals surface area contributed by atoms with E-state index in [1.54, 1.807) is 0 Å². The quantitative estimate of drug-likeness (QED) is 0.601. The molecule has 0 radical (unpaired) electrons. The average Bonchev–Trinajstić information content (AvgIpc) is 3.18. The normalized spacial score (nSPS) is 30.5. The van der Waals surface area contributed by atoms with Crippen molar-refractivity contribution in [1.29, 1.82) is 0 Å². The summed E-state index contributed by atoms with van der Waals surface area (Å²) < 4.78 is 11.8. The van der Waals surface area contributed by atoms with Gasteiger partial charge in [-0.3, -0.25) is 4.99 Å². The van der Waals surface area contributed by atoms with Crippen LogP contribution >= 0.6 is 0 Å². The van der Waals surface area contributed by atoms with Gasteiger partial charge in [0.15, 0.2) is 5.96 Å². The number of guanidine groups is 1. The Bertz CT molecular complexity index is 420. The fourth-order valence-electron chi connectivity index (χ4n) is 4.23. The lowest BCUT2D eigenvalue weighted by Gasteiger charge is -2.37. The van der Waals surface area contributed by atoms with Crippen molar-refractivity contribution >= 4 is 5.96 Å². The van der Waals surface area contributed by atoms with Gasteiger partial charge in [-0.25, -0.2) is 0 Å². The van der Waals surface area contributed by atoms with Crippen LogP contribution in [0.3, 0.4) is 0 Å². The van der Waals surface area contributed by atoms with Crippen LogP contribution in [0.1, 0.15) is 39.0 Å². The van der Waals surface area contributed by atoms with Gasteiger partial charge in [0.2, 0.25) is 0 Å². The van der Waals surface area contributed by atoms with Crippen LogP contribution in [-0.4, -0.2) is 87.5 Å². The number of aliphatic imine (C=N–C) groups is 1. The van der Waals surface area contributed by atoms with Crippen LogP contribution in [0, 0.1) is 5.92 Å². The highest BCUT2D eigenvalue weighted by Gasteiger charge is 2.32. The van der Waals surface area contributed by atoms with Crippen molar-refractivity contribution in [3.8, 4) is 0 Å². The highest BCUT2D eigenvalue weighted by Crippen LogP contribution is 2.21. The third-order valence-electron chi connectivity index (χ3n) is 5.61. The number of likely N-dealkylation sites (tertiary alicyclic amines) is 1. The Kier molecular flexibility index (Phi) is 7.37. The van der Waals surface area contributed by atoms with Crippen LogP contribution in [0.4, 0.5) is 0 Å². The Labute approximate surface area is 152 Å². The number of rotatable bonds is 5. The van der Waals surface area contributed by atoms with E-state index in [-0.39, 0.29) is 12.2 Å². The second kappa shape index (κ2) is 9.74. The van der Waals surface area contributed by atoms with E-state index in [4.69, 9.17) is 9.47 Å². The highest BCUT2D eigenvalue weighted by molar-refractivity contribution is 5.80. The number of morpholine rings is 1. The molecule has 0 aliphatic carbocycles. The van der Waals surface area contributed by atoms with Gasteiger partial charge in [-0.2, -0.15) is 0 Å². The summed E-state index contributed by atoms with van der Waals surface area (Å²) in [7, 11) is 1.88. The lowest BCUT2D eigenvalue weighted by molar-refractivity contribution is -0.0817. The fourth-order valence-corrected chi connectivity index (χ4v) is 4.23. The molecule has 0 saturated carbocycles. The van der Waals surface area contributed by atoms with Gasteiger partial charge in [0.25, 0.3) is 0 Å². The van der Waals surface area contributed by atoms with Crippen molar-refractivity contribution < 1.29 is 9.47 Å². The molecule has 3 aliphatic rings. The molecule has 0 spiro atoms. The number of hydrogen-bond acceptors (Lipinski definition) is 4. The Morgan fingerprint density at radius 1 is 1.08 bits per heavy atom. The number of hydrogen-bond donors (Lipinski definition) is 1. The van der Waals surface area contributed by atoms with E-state index in [0.29, 0.717) is 5.92 Å². The molecule has 1 N–H and O–H groups in total. The molecule has 0 aromatic carbocycles. The van der Waals surface area contributed by atoms with Gasteiger partial charge < -0.3 is 24.6 Å². The van der Waals surface area contributed by atoms with Crippen LogP contribution < -0.4 is 5.32 Å². The first kappa shape index (κ1) is 18.9. The number of nitrogens with zero attached hydrogens (tertiary/aromatic N) is 3.